The lowest BCUT2D eigenvalue weighted by Crippen LogP contribution is -1.83. The van der Waals surface area contributed by atoms with Crippen LogP contribution in [-0.2, 0) is 7.05 Å². The van der Waals surface area contributed by atoms with Crippen LogP contribution in [-0.4, -0.2) is 10.8 Å². The topological polar surface area (TPSA) is 14.2 Å². The minimum Gasteiger partial charge on any atom is -0.426 e. The molecule has 0 atom stereocenters. The van der Waals surface area contributed by atoms with Gasteiger partial charge in [0.05, 0.1) is 12.0 Å². The van der Waals surface area contributed by atoms with Gasteiger partial charge in [0, 0.05) is 34.9 Å². The molecule has 15 heavy (non-hydrogen) atoms. The highest BCUT2D eigenvalue weighted by Crippen LogP contribution is 2.29. The summed E-state index contributed by atoms with van der Waals surface area (Å²) in [6.07, 6.45) is 3.96. The third kappa shape index (κ3) is 2.32. The Hall–Kier alpha value is -0.610. The van der Waals surface area contributed by atoms with Crippen molar-refractivity contribution < 1.29 is 4.18 Å². The van der Waals surface area contributed by atoms with Gasteiger partial charge in [0.25, 0.3) is 0 Å². The number of hydrogen-bond acceptors (Lipinski definition) is 2. The second-order valence-electron chi connectivity index (χ2n) is 3.02. The van der Waals surface area contributed by atoms with Crippen LogP contribution in [0.15, 0.2) is 28.9 Å². The Labute approximate surface area is 103 Å². The smallest absolute Gasteiger partial charge is 0.138 e. The molecule has 4 heteroatoms. The average molecular weight is 288 g/mol. The number of benzene rings is 1. The Morgan fingerprint density at radius 3 is 2.80 bits per heavy atom. The van der Waals surface area contributed by atoms with E-state index in [-0.39, 0.29) is 7.43 Å². The van der Waals surface area contributed by atoms with Crippen LogP contribution in [0.5, 0.6) is 5.75 Å². The van der Waals surface area contributed by atoms with Gasteiger partial charge in [0.1, 0.15) is 5.75 Å². The molecule has 0 fully saturated rings. The molecule has 2 nitrogen and oxygen atoms in total. The van der Waals surface area contributed by atoms with Crippen molar-refractivity contribution in [2.75, 3.05) is 6.26 Å². The molecule has 0 saturated carbocycles. The third-order valence-electron chi connectivity index (χ3n) is 2.09. The number of fused-ring (bicyclic) bond motifs is 1. The fourth-order valence-electron chi connectivity index (χ4n) is 1.47. The molecule has 0 radical (unpaired) electrons. The average Bonchev–Trinajstić information content (AvgIpc) is 2.43. The van der Waals surface area contributed by atoms with E-state index >= 15 is 0 Å². The normalized spacial score (nSPS) is 10.1. The first-order valence-electron chi connectivity index (χ1n) is 4.17. The van der Waals surface area contributed by atoms with Crippen LogP contribution < -0.4 is 4.18 Å². The first-order valence-corrected chi connectivity index (χ1v) is 6.12. The van der Waals surface area contributed by atoms with Crippen LogP contribution in [0.1, 0.15) is 7.43 Å². The van der Waals surface area contributed by atoms with Crippen LogP contribution in [0, 0.1) is 0 Å². The molecule has 2 aromatic rings. The molecule has 0 unspecified atom stereocenters. The Morgan fingerprint density at radius 1 is 1.40 bits per heavy atom. The quantitative estimate of drug-likeness (QED) is 0.768. The van der Waals surface area contributed by atoms with Gasteiger partial charge in [-0.25, -0.2) is 0 Å². The van der Waals surface area contributed by atoms with E-state index in [1.807, 2.05) is 31.6 Å². The zero-order valence-electron chi connectivity index (χ0n) is 7.95. The molecule has 0 aliphatic heterocycles. The van der Waals surface area contributed by atoms with Crippen molar-refractivity contribution in [2.45, 2.75) is 7.43 Å². The minimum absolute atomic E-state index is 0. The Morgan fingerprint density at radius 2 is 2.13 bits per heavy atom. The van der Waals surface area contributed by atoms with Gasteiger partial charge in [-0.3, -0.25) is 0 Å². The van der Waals surface area contributed by atoms with E-state index in [1.54, 1.807) is 0 Å². The van der Waals surface area contributed by atoms with E-state index in [0.29, 0.717) is 0 Å². The fraction of sp³-hybridized carbons (Fsp3) is 0.273. The highest BCUT2D eigenvalue weighted by Gasteiger charge is 2.05. The number of halogens is 1. The van der Waals surface area contributed by atoms with E-state index < -0.39 is 0 Å². The number of rotatable bonds is 2. The van der Waals surface area contributed by atoms with Crippen molar-refractivity contribution in [3.63, 3.8) is 0 Å². The molecule has 0 N–H and O–H groups in total. The lowest BCUT2D eigenvalue weighted by atomic mass is 10.2. The molecule has 0 saturated heterocycles. The summed E-state index contributed by atoms with van der Waals surface area (Å²) in [5.74, 6) is 0.886. The molecule has 0 bridgehead atoms. The summed E-state index contributed by atoms with van der Waals surface area (Å²) >= 11 is 4.87. The zero-order valence-corrected chi connectivity index (χ0v) is 10.4. The highest BCUT2D eigenvalue weighted by atomic mass is 79.9. The van der Waals surface area contributed by atoms with E-state index in [2.05, 4.69) is 26.6 Å². The van der Waals surface area contributed by atoms with Crippen molar-refractivity contribution in [1.29, 1.82) is 0 Å². The Bertz CT molecular complexity index is 467. The monoisotopic (exact) mass is 287 g/mol. The second-order valence-corrected chi connectivity index (χ2v) is 4.37. The van der Waals surface area contributed by atoms with Gasteiger partial charge < -0.3 is 8.75 Å². The standard InChI is InChI=1S/C10H10BrNOS.CH4/c1-12-6-9(11)8-5-7(13-14-2)3-4-10(8)12;/h3-6H,1-2H3;1H4. The lowest BCUT2D eigenvalue weighted by Gasteiger charge is -2.01. The maximum atomic E-state index is 5.36. The molecular formula is C11H14BrNOS. The van der Waals surface area contributed by atoms with E-state index in [9.17, 15) is 0 Å². The summed E-state index contributed by atoms with van der Waals surface area (Å²) in [6.45, 7) is 0. The number of aromatic nitrogens is 1. The summed E-state index contributed by atoms with van der Waals surface area (Å²) in [5, 5.41) is 1.18. The molecule has 2 rings (SSSR count). The van der Waals surface area contributed by atoms with Gasteiger partial charge in [0.2, 0.25) is 0 Å². The van der Waals surface area contributed by atoms with E-state index in [0.717, 1.165) is 10.2 Å². The molecule has 1 heterocycles. The summed E-state index contributed by atoms with van der Waals surface area (Å²) in [5.41, 5.74) is 1.20. The predicted molar refractivity (Wildman–Crippen MR) is 71.5 cm³/mol. The van der Waals surface area contributed by atoms with E-state index in [4.69, 9.17) is 4.18 Å². The van der Waals surface area contributed by atoms with Crippen molar-refractivity contribution in [2.24, 2.45) is 7.05 Å². The van der Waals surface area contributed by atoms with E-state index in [1.165, 1.54) is 22.9 Å². The summed E-state index contributed by atoms with van der Waals surface area (Å²) in [4.78, 5) is 0. The highest BCUT2D eigenvalue weighted by molar-refractivity contribution is 9.10. The van der Waals surface area contributed by atoms with Gasteiger partial charge in [-0.05, 0) is 34.1 Å². The van der Waals surface area contributed by atoms with Crippen LogP contribution in [0.3, 0.4) is 0 Å². The minimum atomic E-state index is 0. The molecule has 0 aliphatic rings. The molecule has 1 aromatic heterocycles. The number of aryl methyl sites for hydroxylation is 1. The van der Waals surface area contributed by atoms with Crippen molar-refractivity contribution in [1.82, 2.24) is 4.57 Å². The predicted octanol–water partition coefficient (Wildman–Crippen LogP) is 4.23. The molecule has 0 aliphatic carbocycles. The van der Waals surface area contributed by atoms with Crippen LogP contribution >= 0.6 is 28.0 Å². The van der Waals surface area contributed by atoms with Crippen molar-refractivity contribution in [3.8, 4) is 5.75 Å². The van der Waals surface area contributed by atoms with Gasteiger partial charge in [-0.2, -0.15) is 0 Å². The summed E-state index contributed by atoms with van der Waals surface area (Å²) in [7, 11) is 2.03. The number of hydrogen-bond donors (Lipinski definition) is 0. The van der Waals surface area contributed by atoms with Crippen LogP contribution in [0.4, 0.5) is 0 Å². The third-order valence-corrected chi connectivity index (χ3v) is 3.08. The first kappa shape index (κ1) is 12.5. The fourth-order valence-corrected chi connectivity index (χ4v) is 2.39. The molecule has 82 valence electrons. The Kier molecular flexibility index (Phi) is 4.11. The van der Waals surface area contributed by atoms with Crippen LogP contribution in [0.25, 0.3) is 10.9 Å². The van der Waals surface area contributed by atoms with Gasteiger partial charge in [-0.15, -0.1) is 0 Å². The molecular weight excluding hydrogens is 274 g/mol. The summed E-state index contributed by atoms with van der Waals surface area (Å²) in [6, 6.07) is 6.08. The maximum Gasteiger partial charge on any atom is 0.138 e. The van der Waals surface area contributed by atoms with Gasteiger partial charge in [-0.1, -0.05) is 7.43 Å². The maximum absolute atomic E-state index is 5.36. The van der Waals surface area contributed by atoms with Gasteiger partial charge in [0.15, 0.2) is 0 Å². The van der Waals surface area contributed by atoms with Crippen molar-refractivity contribution >= 4 is 38.9 Å². The summed E-state index contributed by atoms with van der Waals surface area (Å²) < 4.78 is 8.55. The molecule has 0 amide bonds. The zero-order chi connectivity index (χ0) is 10.1. The SMILES string of the molecule is C.CSOc1ccc2c(c1)c(Br)cn2C. The van der Waals surface area contributed by atoms with Crippen molar-refractivity contribution in [3.05, 3.63) is 28.9 Å². The molecule has 1 aromatic carbocycles. The second kappa shape index (κ2) is 4.94. The van der Waals surface area contributed by atoms with Crippen LogP contribution in [0.2, 0.25) is 0 Å². The lowest BCUT2D eigenvalue weighted by molar-refractivity contribution is 0.651. The number of nitrogens with zero attached hydrogens (tertiary/aromatic N) is 1. The van der Waals surface area contributed by atoms with Gasteiger partial charge >= 0.3 is 0 Å². The molecule has 0 spiro atoms. The first-order chi connectivity index (χ1) is 6.72. The Balaban J connectivity index is 0.00000112. The largest absolute Gasteiger partial charge is 0.426 e.